The van der Waals surface area contributed by atoms with Gasteiger partial charge in [-0.3, -0.25) is 0 Å². The van der Waals surface area contributed by atoms with Crippen LogP contribution in [-0.4, -0.2) is 25.6 Å². The van der Waals surface area contributed by atoms with Gasteiger partial charge in [-0.05, 0) is 55.2 Å². The Kier molecular flexibility index (Phi) is 6.77. The molecule has 2 aromatic heterocycles. The first-order chi connectivity index (χ1) is 16.4. The largest absolute Gasteiger partial charge is 0.489 e. The second-order valence-electron chi connectivity index (χ2n) is 8.41. The standard InChI is InChI=1S/C28H29N3O3/c1-5-9-21-15-20(12-13-24(21)34-17-22-10-7-8-11-23(22)28(32)33)16-31-25(6-2)30-26-18(3)14-19(4)29-27(26)31/h5,7-8,10-15H,1,6,9,16-17H2,2-4H3,(H,32,33). The van der Waals surface area contributed by atoms with E-state index < -0.39 is 5.97 Å². The molecule has 0 radical (unpaired) electrons. The van der Waals surface area contributed by atoms with Crippen molar-refractivity contribution in [1.29, 1.82) is 0 Å². The van der Waals surface area contributed by atoms with Crippen LogP contribution in [0.2, 0.25) is 0 Å². The highest BCUT2D eigenvalue weighted by atomic mass is 16.5. The van der Waals surface area contributed by atoms with E-state index in [0.29, 0.717) is 18.5 Å². The molecule has 174 valence electrons. The summed E-state index contributed by atoms with van der Waals surface area (Å²) in [7, 11) is 0. The van der Waals surface area contributed by atoms with E-state index in [4.69, 9.17) is 14.7 Å². The fourth-order valence-electron chi connectivity index (χ4n) is 4.26. The first-order valence-electron chi connectivity index (χ1n) is 11.4. The zero-order valence-electron chi connectivity index (χ0n) is 19.8. The highest BCUT2D eigenvalue weighted by Crippen LogP contribution is 2.26. The van der Waals surface area contributed by atoms with Crippen LogP contribution in [0.25, 0.3) is 11.2 Å². The summed E-state index contributed by atoms with van der Waals surface area (Å²) in [5.74, 6) is 0.770. The van der Waals surface area contributed by atoms with Gasteiger partial charge in [-0.1, -0.05) is 43.3 Å². The number of carbonyl (C=O) groups is 1. The van der Waals surface area contributed by atoms with Crippen molar-refractivity contribution in [2.75, 3.05) is 0 Å². The minimum Gasteiger partial charge on any atom is -0.489 e. The molecule has 0 spiro atoms. The number of benzene rings is 2. The Hall–Kier alpha value is -3.93. The Labute approximate surface area is 199 Å². The van der Waals surface area contributed by atoms with Crippen molar-refractivity contribution in [2.45, 2.75) is 46.8 Å². The molecule has 1 N–H and O–H groups in total. The zero-order chi connectivity index (χ0) is 24.2. The van der Waals surface area contributed by atoms with Crippen molar-refractivity contribution in [3.8, 4) is 5.75 Å². The molecule has 6 nitrogen and oxygen atoms in total. The van der Waals surface area contributed by atoms with E-state index in [1.165, 1.54) is 0 Å². The number of aromatic nitrogens is 3. The van der Waals surface area contributed by atoms with Crippen LogP contribution in [0.4, 0.5) is 0 Å². The van der Waals surface area contributed by atoms with Gasteiger partial charge in [-0.25, -0.2) is 14.8 Å². The normalized spacial score (nSPS) is 11.0. The summed E-state index contributed by atoms with van der Waals surface area (Å²) in [6.07, 6.45) is 3.31. The molecule has 0 saturated heterocycles. The fourth-order valence-corrected chi connectivity index (χ4v) is 4.26. The topological polar surface area (TPSA) is 77.2 Å². The third kappa shape index (κ3) is 4.71. The van der Waals surface area contributed by atoms with Gasteiger partial charge in [0.15, 0.2) is 5.65 Å². The van der Waals surface area contributed by atoms with E-state index in [1.807, 2.05) is 31.2 Å². The number of aromatic carboxylic acids is 1. The summed E-state index contributed by atoms with van der Waals surface area (Å²) in [5.41, 5.74) is 6.98. The number of hydrogen-bond donors (Lipinski definition) is 1. The minimum absolute atomic E-state index is 0.181. The Bertz CT molecular complexity index is 1370. The zero-order valence-corrected chi connectivity index (χ0v) is 19.8. The van der Waals surface area contributed by atoms with Crippen LogP contribution in [-0.2, 0) is 26.0 Å². The monoisotopic (exact) mass is 455 g/mol. The van der Waals surface area contributed by atoms with E-state index in [2.05, 4.69) is 37.1 Å². The number of imidazole rings is 1. The average Bonchev–Trinajstić information content (AvgIpc) is 3.16. The van der Waals surface area contributed by atoms with Crippen LogP contribution < -0.4 is 4.74 Å². The molecule has 2 aromatic carbocycles. The van der Waals surface area contributed by atoms with Gasteiger partial charge in [0.25, 0.3) is 0 Å². The average molecular weight is 456 g/mol. The predicted molar refractivity (Wildman–Crippen MR) is 134 cm³/mol. The second kappa shape index (κ2) is 9.91. The molecule has 0 amide bonds. The first-order valence-corrected chi connectivity index (χ1v) is 11.4. The van der Waals surface area contributed by atoms with Crippen LogP contribution >= 0.6 is 0 Å². The highest BCUT2D eigenvalue weighted by Gasteiger charge is 2.15. The molecule has 2 heterocycles. The molecular weight excluding hydrogens is 426 g/mol. The quantitative estimate of drug-likeness (QED) is 0.329. The van der Waals surface area contributed by atoms with Gasteiger partial charge in [-0.2, -0.15) is 0 Å². The smallest absolute Gasteiger partial charge is 0.336 e. The van der Waals surface area contributed by atoms with Crippen molar-refractivity contribution < 1.29 is 14.6 Å². The van der Waals surface area contributed by atoms with E-state index in [9.17, 15) is 9.90 Å². The second-order valence-corrected chi connectivity index (χ2v) is 8.41. The minimum atomic E-state index is -0.959. The summed E-state index contributed by atoms with van der Waals surface area (Å²) in [4.78, 5) is 21.1. The highest BCUT2D eigenvalue weighted by molar-refractivity contribution is 5.89. The van der Waals surface area contributed by atoms with Gasteiger partial charge in [-0.15, -0.1) is 6.58 Å². The van der Waals surface area contributed by atoms with Gasteiger partial charge >= 0.3 is 5.97 Å². The molecule has 0 unspecified atom stereocenters. The molecule has 0 aliphatic carbocycles. The Morgan fingerprint density at radius 1 is 1.12 bits per heavy atom. The van der Waals surface area contributed by atoms with Gasteiger partial charge in [0.05, 0.1) is 12.1 Å². The van der Waals surface area contributed by atoms with Crippen molar-refractivity contribution in [3.05, 3.63) is 101 Å². The third-order valence-electron chi connectivity index (χ3n) is 5.88. The summed E-state index contributed by atoms with van der Waals surface area (Å²) >= 11 is 0. The maximum atomic E-state index is 11.5. The molecule has 0 bridgehead atoms. The van der Waals surface area contributed by atoms with E-state index >= 15 is 0 Å². The number of aryl methyl sites for hydroxylation is 3. The maximum Gasteiger partial charge on any atom is 0.336 e. The lowest BCUT2D eigenvalue weighted by molar-refractivity contribution is 0.0694. The number of carboxylic acids is 1. The number of pyridine rings is 1. The van der Waals surface area contributed by atoms with Crippen molar-refractivity contribution in [2.24, 2.45) is 0 Å². The van der Waals surface area contributed by atoms with E-state index in [0.717, 1.165) is 51.5 Å². The number of allylic oxidation sites excluding steroid dienone is 1. The molecule has 4 aromatic rings. The number of nitrogens with zero attached hydrogens (tertiary/aromatic N) is 3. The molecule has 0 aliphatic heterocycles. The van der Waals surface area contributed by atoms with Crippen molar-refractivity contribution in [3.63, 3.8) is 0 Å². The lowest BCUT2D eigenvalue weighted by Crippen LogP contribution is -2.08. The molecule has 4 rings (SSSR count). The number of rotatable bonds is 9. The fraction of sp³-hybridized carbons (Fsp3) is 0.250. The summed E-state index contributed by atoms with van der Waals surface area (Å²) in [6.45, 7) is 10.9. The predicted octanol–water partition coefficient (Wildman–Crippen LogP) is 5.66. The molecule has 0 fully saturated rings. The Balaban J connectivity index is 1.64. The SMILES string of the molecule is C=CCc1cc(Cn2c(CC)nc3c(C)cc(C)nc32)ccc1OCc1ccccc1C(=O)O. The summed E-state index contributed by atoms with van der Waals surface area (Å²) in [6, 6.07) is 15.1. The summed E-state index contributed by atoms with van der Waals surface area (Å²) < 4.78 is 8.25. The maximum absolute atomic E-state index is 11.5. The lowest BCUT2D eigenvalue weighted by atomic mass is 10.1. The first kappa shape index (κ1) is 23.2. The van der Waals surface area contributed by atoms with Crippen molar-refractivity contribution >= 4 is 17.1 Å². The van der Waals surface area contributed by atoms with Crippen LogP contribution in [0.3, 0.4) is 0 Å². The molecular formula is C28H29N3O3. The lowest BCUT2D eigenvalue weighted by Gasteiger charge is -2.15. The van der Waals surface area contributed by atoms with Gasteiger partial charge in [0.2, 0.25) is 0 Å². The molecule has 6 heteroatoms. The molecule has 0 aliphatic rings. The number of hydrogen-bond acceptors (Lipinski definition) is 4. The van der Waals surface area contributed by atoms with Crippen LogP contribution in [0.15, 0.2) is 61.2 Å². The molecule has 0 atom stereocenters. The van der Waals surface area contributed by atoms with Crippen LogP contribution in [0.1, 0.15) is 51.1 Å². The van der Waals surface area contributed by atoms with Crippen LogP contribution in [0.5, 0.6) is 5.75 Å². The van der Waals surface area contributed by atoms with Gasteiger partial charge in [0, 0.05) is 17.7 Å². The van der Waals surface area contributed by atoms with Gasteiger partial charge in [0.1, 0.15) is 23.7 Å². The van der Waals surface area contributed by atoms with E-state index in [1.54, 1.807) is 18.2 Å². The van der Waals surface area contributed by atoms with Gasteiger partial charge < -0.3 is 14.4 Å². The number of fused-ring (bicyclic) bond motifs is 1. The number of carboxylic acid groups (broad SMARTS) is 1. The number of ether oxygens (including phenoxy) is 1. The summed E-state index contributed by atoms with van der Waals surface area (Å²) in [5, 5.41) is 9.43. The third-order valence-corrected chi connectivity index (χ3v) is 5.88. The van der Waals surface area contributed by atoms with Crippen LogP contribution in [0, 0.1) is 13.8 Å². The Morgan fingerprint density at radius 3 is 2.65 bits per heavy atom. The Morgan fingerprint density at radius 2 is 1.91 bits per heavy atom. The van der Waals surface area contributed by atoms with Crippen molar-refractivity contribution in [1.82, 2.24) is 14.5 Å². The molecule has 34 heavy (non-hydrogen) atoms. The van der Waals surface area contributed by atoms with E-state index in [-0.39, 0.29) is 12.2 Å². The molecule has 0 saturated carbocycles.